The number of carbonyl (C=O) groups is 1. The van der Waals surface area contributed by atoms with Gasteiger partial charge in [0.25, 0.3) is 0 Å². The van der Waals surface area contributed by atoms with E-state index in [0.717, 1.165) is 36.0 Å². The number of carbonyl (C=O) groups excluding carboxylic acids is 1. The first-order chi connectivity index (χ1) is 18.2. The van der Waals surface area contributed by atoms with Crippen molar-refractivity contribution in [1.29, 1.82) is 0 Å². The van der Waals surface area contributed by atoms with Gasteiger partial charge in [-0.2, -0.15) is 0 Å². The summed E-state index contributed by atoms with van der Waals surface area (Å²) in [5, 5.41) is 11.0. The average molecular weight is 537 g/mol. The third-order valence-corrected chi connectivity index (χ3v) is 6.73. The molecule has 0 atom stereocenters. The molecule has 2 aromatic carbocycles. The summed E-state index contributed by atoms with van der Waals surface area (Å²) in [7, 11) is 0. The quantitative estimate of drug-likeness (QED) is 0.299. The van der Waals surface area contributed by atoms with Crippen molar-refractivity contribution in [2.24, 2.45) is 0 Å². The molecule has 0 saturated carbocycles. The van der Waals surface area contributed by atoms with E-state index in [0.29, 0.717) is 31.0 Å². The van der Waals surface area contributed by atoms with Crippen molar-refractivity contribution in [1.82, 2.24) is 9.13 Å². The molecule has 1 N–H and O–H groups in total. The van der Waals surface area contributed by atoms with Crippen molar-refractivity contribution < 1.29 is 19.4 Å². The first-order valence-electron chi connectivity index (χ1n) is 13.8. The minimum atomic E-state index is -1.11. The van der Waals surface area contributed by atoms with Crippen LogP contribution in [0.5, 0.6) is 11.6 Å². The molecule has 212 valence electrons. The van der Waals surface area contributed by atoms with E-state index in [9.17, 15) is 14.7 Å². The maximum Gasteiger partial charge on any atom is 0.350 e. The summed E-state index contributed by atoms with van der Waals surface area (Å²) in [6, 6.07) is 13.8. The molecule has 39 heavy (non-hydrogen) atoms. The fraction of sp³-hybridized carbons (Fsp3) is 0.500. The average Bonchev–Trinajstić information content (AvgIpc) is 3.05. The van der Waals surface area contributed by atoms with Gasteiger partial charge in [0.1, 0.15) is 11.4 Å². The predicted molar refractivity (Wildman–Crippen MR) is 155 cm³/mol. The van der Waals surface area contributed by atoms with E-state index in [1.165, 1.54) is 10.1 Å². The molecule has 7 nitrogen and oxygen atoms in total. The number of hydrogen-bond acceptors (Lipinski definition) is 5. The fourth-order valence-electron chi connectivity index (χ4n) is 4.48. The van der Waals surface area contributed by atoms with Gasteiger partial charge in [0.2, 0.25) is 5.88 Å². The van der Waals surface area contributed by atoms with Gasteiger partial charge < -0.3 is 14.6 Å². The van der Waals surface area contributed by atoms with Crippen LogP contribution in [0.15, 0.2) is 47.3 Å². The Morgan fingerprint density at radius 1 is 0.897 bits per heavy atom. The Kier molecular flexibility index (Phi) is 9.36. The van der Waals surface area contributed by atoms with Crippen LogP contribution in [0.25, 0.3) is 0 Å². The van der Waals surface area contributed by atoms with Gasteiger partial charge in [0.15, 0.2) is 5.60 Å². The van der Waals surface area contributed by atoms with Gasteiger partial charge in [-0.15, -0.1) is 0 Å². The lowest BCUT2D eigenvalue weighted by atomic mass is 10.1. The highest BCUT2D eigenvalue weighted by Crippen LogP contribution is 2.24. The van der Waals surface area contributed by atoms with Gasteiger partial charge in [-0.25, -0.2) is 9.59 Å². The van der Waals surface area contributed by atoms with Crippen LogP contribution in [0.1, 0.15) is 82.3 Å². The predicted octanol–water partition coefficient (Wildman–Crippen LogP) is 6.10. The molecule has 0 aliphatic carbocycles. The van der Waals surface area contributed by atoms with E-state index in [1.54, 1.807) is 18.4 Å². The summed E-state index contributed by atoms with van der Waals surface area (Å²) < 4.78 is 14.6. The number of esters is 1. The summed E-state index contributed by atoms with van der Waals surface area (Å²) in [6.45, 7) is 15.9. The second-order valence-electron chi connectivity index (χ2n) is 11.8. The zero-order valence-corrected chi connectivity index (χ0v) is 24.8. The van der Waals surface area contributed by atoms with Crippen LogP contribution in [0, 0.1) is 13.8 Å². The molecule has 0 aliphatic rings. The minimum Gasteiger partial charge on any atom is -0.493 e. The van der Waals surface area contributed by atoms with E-state index in [4.69, 9.17) is 9.47 Å². The Balaban J connectivity index is 1.67. The molecule has 3 aromatic rings. The van der Waals surface area contributed by atoms with Crippen molar-refractivity contribution in [3.05, 3.63) is 80.9 Å². The fourth-order valence-corrected chi connectivity index (χ4v) is 4.48. The minimum absolute atomic E-state index is 0.0554. The zero-order valence-electron chi connectivity index (χ0n) is 24.8. The Bertz CT molecular complexity index is 1340. The lowest BCUT2D eigenvalue weighted by molar-refractivity contribution is -0.170. The summed E-state index contributed by atoms with van der Waals surface area (Å²) in [6.07, 6.45) is 2.94. The molecule has 1 aromatic heterocycles. The number of aromatic hydroxyl groups is 1. The molecule has 0 amide bonds. The van der Waals surface area contributed by atoms with Gasteiger partial charge in [0.05, 0.1) is 12.2 Å². The first-order valence-corrected chi connectivity index (χ1v) is 13.8. The monoisotopic (exact) mass is 536 g/mol. The highest BCUT2D eigenvalue weighted by Gasteiger charge is 2.34. The third kappa shape index (κ3) is 7.78. The van der Waals surface area contributed by atoms with E-state index in [-0.39, 0.29) is 11.6 Å². The van der Waals surface area contributed by atoms with Crippen LogP contribution in [0.4, 0.5) is 0 Å². The SMILES string of the molecule is CCCn1c(CCCc2ccc(OC(C)(C)C(=O)OC(C)(C)C)cc2)c(O)n(Cc2ccc(C)c(C)c2)c1=O. The summed E-state index contributed by atoms with van der Waals surface area (Å²) in [5.74, 6) is 0.230. The maximum atomic E-state index is 13.2. The molecule has 0 radical (unpaired) electrons. The highest BCUT2D eigenvalue weighted by molar-refractivity contribution is 5.79. The van der Waals surface area contributed by atoms with E-state index >= 15 is 0 Å². The molecule has 0 unspecified atom stereocenters. The number of ether oxygens (including phenoxy) is 2. The molecule has 0 fully saturated rings. The van der Waals surface area contributed by atoms with Crippen molar-refractivity contribution >= 4 is 5.97 Å². The number of imidazole rings is 1. The van der Waals surface area contributed by atoms with Crippen LogP contribution in [-0.4, -0.2) is 31.4 Å². The second kappa shape index (κ2) is 12.1. The zero-order chi connectivity index (χ0) is 29.0. The lowest BCUT2D eigenvalue weighted by Gasteiger charge is -2.29. The van der Waals surface area contributed by atoms with E-state index in [2.05, 4.69) is 19.9 Å². The van der Waals surface area contributed by atoms with Gasteiger partial charge in [-0.1, -0.05) is 37.3 Å². The second-order valence-corrected chi connectivity index (χ2v) is 11.8. The number of benzene rings is 2. The Labute approximate surface area is 232 Å². The smallest absolute Gasteiger partial charge is 0.350 e. The van der Waals surface area contributed by atoms with E-state index < -0.39 is 17.2 Å². The number of rotatable bonds is 11. The lowest BCUT2D eigenvalue weighted by Crippen LogP contribution is -2.43. The molecule has 3 rings (SSSR count). The Morgan fingerprint density at radius 3 is 2.13 bits per heavy atom. The number of nitrogens with zero attached hydrogens (tertiary/aromatic N) is 2. The third-order valence-electron chi connectivity index (χ3n) is 6.73. The molecule has 7 heteroatoms. The van der Waals surface area contributed by atoms with Crippen LogP contribution >= 0.6 is 0 Å². The molecule has 0 aliphatic heterocycles. The van der Waals surface area contributed by atoms with Crippen molar-refractivity contribution in [3.8, 4) is 11.6 Å². The highest BCUT2D eigenvalue weighted by atomic mass is 16.6. The van der Waals surface area contributed by atoms with Crippen LogP contribution < -0.4 is 10.4 Å². The molecular formula is C32H44N2O5. The van der Waals surface area contributed by atoms with E-state index in [1.807, 2.05) is 64.1 Å². The van der Waals surface area contributed by atoms with Gasteiger partial charge in [-0.05, 0) is 109 Å². The maximum absolute atomic E-state index is 13.2. The van der Waals surface area contributed by atoms with Gasteiger partial charge in [-0.3, -0.25) is 9.13 Å². The summed E-state index contributed by atoms with van der Waals surface area (Å²) in [5.41, 5.74) is 3.28. The Hall–Kier alpha value is -3.48. The summed E-state index contributed by atoms with van der Waals surface area (Å²) in [4.78, 5) is 25.7. The molecule has 1 heterocycles. The first kappa shape index (κ1) is 30.1. The van der Waals surface area contributed by atoms with Gasteiger partial charge >= 0.3 is 11.7 Å². The number of aromatic nitrogens is 2. The summed E-state index contributed by atoms with van der Waals surface area (Å²) >= 11 is 0. The molecule has 0 bridgehead atoms. The van der Waals surface area contributed by atoms with Crippen LogP contribution in [0.3, 0.4) is 0 Å². The molecule has 0 spiro atoms. The molecule has 0 saturated heterocycles. The largest absolute Gasteiger partial charge is 0.493 e. The van der Waals surface area contributed by atoms with Crippen LogP contribution in [0.2, 0.25) is 0 Å². The van der Waals surface area contributed by atoms with Crippen molar-refractivity contribution in [2.75, 3.05) is 0 Å². The standard InChI is InChI=1S/C32H44N2O5/c1-9-19-33-27(28(35)34(30(33)37)21-25-14-13-22(2)23(3)20-25)12-10-11-24-15-17-26(18-16-24)38-32(7,8)29(36)39-31(4,5)6/h13-18,20,35H,9-12,19,21H2,1-8H3. The normalized spacial score (nSPS) is 12.0. The molecular weight excluding hydrogens is 492 g/mol. The van der Waals surface area contributed by atoms with Crippen molar-refractivity contribution in [3.63, 3.8) is 0 Å². The van der Waals surface area contributed by atoms with Gasteiger partial charge in [0, 0.05) is 6.54 Å². The Morgan fingerprint density at radius 2 is 1.54 bits per heavy atom. The van der Waals surface area contributed by atoms with Crippen molar-refractivity contribution in [2.45, 2.75) is 105 Å². The number of hydrogen-bond donors (Lipinski definition) is 1. The number of aryl methyl sites for hydroxylation is 3. The van der Waals surface area contributed by atoms with Crippen LogP contribution in [-0.2, 0) is 35.5 Å². The topological polar surface area (TPSA) is 82.7 Å².